The third-order valence-corrected chi connectivity index (χ3v) is 5.53. The molecule has 1 N–H and O–H groups in total. The monoisotopic (exact) mass is 384 g/mol. The van der Waals surface area contributed by atoms with Gasteiger partial charge in [-0.05, 0) is 52.7 Å². The van der Waals surface area contributed by atoms with Crippen molar-refractivity contribution in [2.45, 2.75) is 56.0 Å². The van der Waals surface area contributed by atoms with E-state index in [4.69, 9.17) is 0 Å². The Morgan fingerprint density at radius 1 is 1.11 bits per heavy atom. The van der Waals surface area contributed by atoms with Gasteiger partial charge in [-0.15, -0.1) is 0 Å². The van der Waals surface area contributed by atoms with Gasteiger partial charge >= 0.3 is 0 Å². The van der Waals surface area contributed by atoms with Gasteiger partial charge in [0.1, 0.15) is 5.03 Å². The van der Waals surface area contributed by atoms with Gasteiger partial charge in [0.25, 0.3) is 0 Å². The molecule has 1 fully saturated rings. The number of hydrogen-bond acceptors (Lipinski definition) is 5. The highest BCUT2D eigenvalue weighted by Gasteiger charge is 2.28. The van der Waals surface area contributed by atoms with Crippen LogP contribution in [0.4, 0.5) is 5.82 Å². The van der Waals surface area contributed by atoms with E-state index in [1.54, 1.807) is 24.2 Å². The normalized spacial score (nSPS) is 15.6. The molecule has 1 aromatic heterocycles. The average Bonchev–Trinajstić information content (AvgIpc) is 2.63. The van der Waals surface area contributed by atoms with Gasteiger partial charge in [-0.3, -0.25) is 4.79 Å². The molecule has 1 saturated heterocycles. The van der Waals surface area contributed by atoms with Crippen molar-refractivity contribution < 1.29 is 4.79 Å². The Balaban J connectivity index is 1.66. The first kappa shape index (κ1) is 19.7. The molecule has 144 valence electrons. The van der Waals surface area contributed by atoms with Crippen molar-refractivity contribution in [3.8, 4) is 0 Å². The molecule has 27 heavy (non-hydrogen) atoms. The number of rotatable bonds is 4. The second kappa shape index (κ2) is 8.30. The number of nitrogens with zero attached hydrogens (tertiary/aromatic N) is 3. The van der Waals surface area contributed by atoms with E-state index in [-0.39, 0.29) is 17.4 Å². The Hall–Kier alpha value is -2.08. The largest absolute Gasteiger partial charge is 0.354 e. The molecule has 0 atom stereocenters. The summed E-state index contributed by atoms with van der Waals surface area (Å²) in [6, 6.07) is 8.44. The molecule has 1 aromatic carbocycles. The van der Waals surface area contributed by atoms with Crippen molar-refractivity contribution in [1.29, 1.82) is 0 Å². The van der Waals surface area contributed by atoms with E-state index in [1.807, 2.05) is 20.8 Å². The van der Waals surface area contributed by atoms with Gasteiger partial charge in [0.15, 0.2) is 5.82 Å². The first-order valence-corrected chi connectivity index (χ1v) is 10.3. The maximum atomic E-state index is 12.4. The molecule has 1 amide bonds. The zero-order chi connectivity index (χ0) is 19.4. The molecule has 1 aliphatic rings. The second-order valence-electron chi connectivity index (χ2n) is 8.10. The van der Waals surface area contributed by atoms with Gasteiger partial charge in [-0.2, -0.15) is 0 Å². The van der Waals surface area contributed by atoms with Crippen LogP contribution in [-0.2, 0) is 4.79 Å². The Morgan fingerprint density at radius 3 is 2.37 bits per heavy atom. The minimum absolute atomic E-state index is 0.0744. The molecule has 0 saturated carbocycles. The van der Waals surface area contributed by atoms with Crippen molar-refractivity contribution >= 4 is 23.5 Å². The highest BCUT2D eigenvalue weighted by atomic mass is 32.2. The predicted octanol–water partition coefficient (Wildman–Crippen LogP) is 4.07. The van der Waals surface area contributed by atoms with Crippen molar-refractivity contribution in [1.82, 2.24) is 15.3 Å². The molecule has 0 unspecified atom stereocenters. The number of nitrogens with one attached hydrogen (secondary N) is 1. The van der Waals surface area contributed by atoms with Gasteiger partial charge in [0, 0.05) is 41.8 Å². The minimum atomic E-state index is -0.184. The Morgan fingerprint density at radius 2 is 1.74 bits per heavy atom. The van der Waals surface area contributed by atoms with Gasteiger partial charge in [-0.1, -0.05) is 29.5 Å². The number of anilines is 1. The van der Waals surface area contributed by atoms with Crippen LogP contribution in [0.1, 0.15) is 39.2 Å². The number of carbonyl (C=O) groups excluding carboxylic acids is 1. The molecule has 0 radical (unpaired) electrons. The molecule has 0 aliphatic carbocycles. The molecule has 2 heterocycles. The van der Waals surface area contributed by atoms with Crippen LogP contribution in [0.5, 0.6) is 0 Å². The molecule has 5 nitrogen and oxygen atoms in total. The molecule has 0 bridgehead atoms. The SMILES string of the molecule is Cc1ccc(Sc2nccnc2N2CCC(C(=O)NC(C)(C)C)CC2)cc1. The summed E-state index contributed by atoms with van der Waals surface area (Å²) in [7, 11) is 0. The van der Waals surface area contributed by atoms with Crippen LogP contribution in [0.3, 0.4) is 0 Å². The lowest BCUT2D eigenvalue weighted by molar-refractivity contribution is -0.127. The number of aryl methyl sites for hydroxylation is 1. The fourth-order valence-corrected chi connectivity index (χ4v) is 4.03. The van der Waals surface area contributed by atoms with Crippen LogP contribution < -0.4 is 10.2 Å². The molecular weight excluding hydrogens is 356 g/mol. The van der Waals surface area contributed by atoms with E-state index < -0.39 is 0 Å². The van der Waals surface area contributed by atoms with Crippen LogP contribution >= 0.6 is 11.8 Å². The van der Waals surface area contributed by atoms with E-state index >= 15 is 0 Å². The Kier molecular flexibility index (Phi) is 6.05. The standard InChI is InChI=1S/C21H28N4OS/c1-15-5-7-17(8-6-15)27-20-18(22-11-12-23-20)25-13-9-16(10-14-25)19(26)24-21(2,3)4/h5-8,11-12,16H,9-10,13-14H2,1-4H3,(H,24,26). The topological polar surface area (TPSA) is 58.1 Å². The lowest BCUT2D eigenvalue weighted by Gasteiger charge is -2.34. The van der Waals surface area contributed by atoms with Crippen molar-refractivity contribution in [2.75, 3.05) is 18.0 Å². The maximum absolute atomic E-state index is 12.4. The number of carbonyl (C=O) groups is 1. The zero-order valence-corrected chi connectivity index (χ0v) is 17.3. The van der Waals surface area contributed by atoms with Crippen molar-refractivity contribution in [2.24, 2.45) is 5.92 Å². The molecular formula is C21H28N4OS. The summed E-state index contributed by atoms with van der Waals surface area (Å²) < 4.78 is 0. The quantitative estimate of drug-likeness (QED) is 0.861. The number of piperidine rings is 1. The zero-order valence-electron chi connectivity index (χ0n) is 16.5. The summed E-state index contributed by atoms with van der Waals surface area (Å²) >= 11 is 1.64. The summed E-state index contributed by atoms with van der Waals surface area (Å²) in [6.07, 6.45) is 5.16. The fourth-order valence-electron chi connectivity index (χ4n) is 3.15. The van der Waals surface area contributed by atoms with Crippen molar-refractivity contribution in [3.05, 3.63) is 42.2 Å². The molecule has 0 spiro atoms. The van der Waals surface area contributed by atoms with Crippen LogP contribution in [0, 0.1) is 12.8 Å². The predicted molar refractivity (Wildman–Crippen MR) is 110 cm³/mol. The second-order valence-corrected chi connectivity index (χ2v) is 9.16. The first-order chi connectivity index (χ1) is 12.8. The third kappa shape index (κ3) is 5.45. The number of hydrogen-bond donors (Lipinski definition) is 1. The summed E-state index contributed by atoms with van der Waals surface area (Å²) in [5.41, 5.74) is 1.06. The number of amides is 1. The Labute approximate surface area is 166 Å². The number of aromatic nitrogens is 2. The number of benzene rings is 1. The summed E-state index contributed by atoms with van der Waals surface area (Å²) in [5, 5.41) is 4.02. The fraction of sp³-hybridized carbons (Fsp3) is 0.476. The Bertz CT molecular complexity index is 778. The highest BCUT2D eigenvalue weighted by molar-refractivity contribution is 7.99. The minimum Gasteiger partial charge on any atom is -0.354 e. The maximum Gasteiger partial charge on any atom is 0.223 e. The summed E-state index contributed by atoms with van der Waals surface area (Å²) in [6.45, 7) is 9.80. The van der Waals surface area contributed by atoms with Crippen LogP contribution in [0.15, 0.2) is 46.6 Å². The molecule has 1 aliphatic heterocycles. The molecule has 6 heteroatoms. The third-order valence-electron chi connectivity index (χ3n) is 4.55. The van der Waals surface area contributed by atoms with Crippen LogP contribution in [0.25, 0.3) is 0 Å². The lowest BCUT2D eigenvalue weighted by Crippen LogP contribution is -2.47. The van der Waals surface area contributed by atoms with E-state index in [9.17, 15) is 4.79 Å². The van der Waals surface area contributed by atoms with Gasteiger partial charge in [0.2, 0.25) is 5.91 Å². The van der Waals surface area contributed by atoms with E-state index in [1.165, 1.54) is 5.56 Å². The van der Waals surface area contributed by atoms with Gasteiger partial charge in [0.05, 0.1) is 0 Å². The first-order valence-electron chi connectivity index (χ1n) is 9.44. The van der Waals surface area contributed by atoms with Gasteiger partial charge in [-0.25, -0.2) is 9.97 Å². The summed E-state index contributed by atoms with van der Waals surface area (Å²) in [5.74, 6) is 1.15. The van der Waals surface area contributed by atoms with Crippen molar-refractivity contribution in [3.63, 3.8) is 0 Å². The highest BCUT2D eigenvalue weighted by Crippen LogP contribution is 2.34. The smallest absolute Gasteiger partial charge is 0.223 e. The summed E-state index contributed by atoms with van der Waals surface area (Å²) in [4.78, 5) is 25.0. The lowest BCUT2D eigenvalue weighted by atomic mass is 9.94. The molecule has 2 aromatic rings. The van der Waals surface area contributed by atoms with E-state index in [2.05, 4.69) is 51.4 Å². The van der Waals surface area contributed by atoms with Crippen LogP contribution in [-0.4, -0.2) is 34.5 Å². The van der Waals surface area contributed by atoms with E-state index in [0.29, 0.717) is 0 Å². The van der Waals surface area contributed by atoms with E-state index in [0.717, 1.165) is 41.7 Å². The van der Waals surface area contributed by atoms with Crippen LogP contribution in [0.2, 0.25) is 0 Å². The molecule has 3 rings (SSSR count). The average molecular weight is 385 g/mol. The van der Waals surface area contributed by atoms with Gasteiger partial charge < -0.3 is 10.2 Å².